The van der Waals surface area contributed by atoms with Crippen LogP contribution in [0.5, 0.6) is 0 Å². The van der Waals surface area contributed by atoms with E-state index in [-0.39, 0.29) is 30.4 Å². The van der Waals surface area contributed by atoms with E-state index in [9.17, 15) is 26.4 Å². The summed E-state index contributed by atoms with van der Waals surface area (Å²) >= 11 is 0. The highest BCUT2D eigenvalue weighted by Gasteiger charge is 2.35. The molecule has 0 aliphatic carbocycles. The van der Waals surface area contributed by atoms with Gasteiger partial charge in [0, 0.05) is 38.9 Å². The number of hydrogen-bond donors (Lipinski definition) is 1. The third-order valence-corrected chi connectivity index (χ3v) is 6.82. The van der Waals surface area contributed by atoms with Gasteiger partial charge in [-0.1, -0.05) is 0 Å². The number of benzene rings is 1. The molecule has 162 valence electrons. The van der Waals surface area contributed by atoms with Crippen molar-refractivity contribution in [3.63, 3.8) is 0 Å². The van der Waals surface area contributed by atoms with Crippen LogP contribution in [0.15, 0.2) is 47.5 Å². The molecular weight excluding hydrogens is 421 g/mol. The number of halogens is 3. The molecule has 1 aromatic heterocycles. The van der Waals surface area contributed by atoms with Gasteiger partial charge in [-0.3, -0.25) is 4.79 Å². The number of alkyl halides is 3. The molecule has 1 saturated heterocycles. The van der Waals surface area contributed by atoms with E-state index >= 15 is 0 Å². The fourth-order valence-corrected chi connectivity index (χ4v) is 4.76. The lowest BCUT2D eigenvalue weighted by Gasteiger charge is -2.39. The van der Waals surface area contributed by atoms with E-state index in [0.717, 1.165) is 24.3 Å². The summed E-state index contributed by atoms with van der Waals surface area (Å²) in [6.07, 6.45) is -3.09. The van der Waals surface area contributed by atoms with Gasteiger partial charge in [-0.05, 0) is 43.3 Å². The predicted octanol–water partition coefficient (Wildman–Crippen LogP) is 2.68. The Bertz CT molecular complexity index is 1010. The molecule has 1 aliphatic heterocycles. The predicted molar refractivity (Wildman–Crippen MR) is 104 cm³/mol. The molecule has 11 heteroatoms. The van der Waals surface area contributed by atoms with Crippen molar-refractivity contribution >= 4 is 21.7 Å². The second-order valence-electron chi connectivity index (χ2n) is 6.91. The Morgan fingerprint density at radius 2 is 1.80 bits per heavy atom. The Hall–Kier alpha value is -2.66. The highest BCUT2D eigenvalue weighted by atomic mass is 32.2. The molecule has 7 nitrogen and oxygen atoms in total. The molecule has 1 fully saturated rings. The topological polar surface area (TPSA) is 82.6 Å². The Kier molecular flexibility index (Phi) is 6.04. The maximum atomic E-state index is 12.8. The van der Waals surface area contributed by atoms with E-state index in [1.165, 1.54) is 10.5 Å². The first-order chi connectivity index (χ1) is 14.0. The summed E-state index contributed by atoms with van der Waals surface area (Å²) in [6.45, 7) is 1.97. The van der Waals surface area contributed by atoms with Crippen LogP contribution in [0.1, 0.15) is 22.8 Å². The van der Waals surface area contributed by atoms with Gasteiger partial charge in [-0.15, -0.1) is 0 Å². The summed E-state index contributed by atoms with van der Waals surface area (Å²) in [4.78, 5) is 18.2. The number of carbonyl (C=O) groups is 1. The number of anilines is 1. The lowest BCUT2D eigenvalue weighted by molar-refractivity contribution is -0.137. The van der Waals surface area contributed by atoms with Crippen molar-refractivity contribution in [2.24, 2.45) is 0 Å². The first kappa shape index (κ1) is 22.0. The summed E-state index contributed by atoms with van der Waals surface area (Å²) in [5.74, 6) is 0.358. The third-order valence-electron chi connectivity index (χ3n) is 4.94. The zero-order valence-electron chi connectivity index (χ0n) is 16.3. The second-order valence-corrected chi connectivity index (χ2v) is 8.85. The molecule has 1 aromatic carbocycles. The molecule has 0 bridgehead atoms. The van der Waals surface area contributed by atoms with Crippen molar-refractivity contribution in [1.29, 1.82) is 0 Å². The van der Waals surface area contributed by atoms with E-state index < -0.39 is 27.8 Å². The molecule has 0 radical (unpaired) electrons. The third kappa shape index (κ3) is 4.41. The Labute approximate surface area is 172 Å². The van der Waals surface area contributed by atoms with E-state index in [2.05, 4.69) is 10.3 Å². The lowest BCUT2D eigenvalue weighted by atomic mass is 10.1. The van der Waals surface area contributed by atoms with Gasteiger partial charge in [0.25, 0.3) is 5.91 Å². The van der Waals surface area contributed by atoms with Crippen LogP contribution in [-0.2, 0) is 16.2 Å². The number of nitrogens with one attached hydrogen (secondary N) is 1. The van der Waals surface area contributed by atoms with Crippen LogP contribution in [0.2, 0.25) is 0 Å². The SMILES string of the molecule is CNc1ccc(C(=O)N2CCN(S(=O)(=O)c3ccc(C(F)(F)F)cc3)C[C@@H]2C)cn1. The highest BCUT2D eigenvalue weighted by Crippen LogP contribution is 2.30. The van der Waals surface area contributed by atoms with Crippen molar-refractivity contribution < 1.29 is 26.4 Å². The van der Waals surface area contributed by atoms with E-state index in [1.54, 1.807) is 31.0 Å². The van der Waals surface area contributed by atoms with Gasteiger partial charge in [0.1, 0.15) is 5.82 Å². The quantitative estimate of drug-likeness (QED) is 0.787. The van der Waals surface area contributed by atoms with Crippen LogP contribution < -0.4 is 5.32 Å². The number of hydrogen-bond acceptors (Lipinski definition) is 5. The number of aromatic nitrogens is 1. The van der Waals surface area contributed by atoms with Crippen LogP contribution in [0.25, 0.3) is 0 Å². The number of amides is 1. The van der Waals surface area contributed by atoms with Crippen LogP contribution >= 0.6 is 0 Å². The Morgan fingerprint density at radius 3 is 2.30 bits per heavy atom. The molecule has 2 aromatic rings. The maximum Gasteiger partial charge on any atom is 0.416 e. The summed E-state index contributed by atoms with van der Waals surface area (Å²) < 4.78 is 65.0. The fraction of sp³-hybridized carbons (Fsp3) is 0.368. The van der Waals surface area contributed by atoms with Crippen molar-refractivity contribution in [3.8, 4) is 0 Å². The fourth-order valence-electron chi connectivity index (χ4n) is 3.24. The minimum Gasteiger partial charge on any atom is -0.373 e. The number of sulfonamides is 1. The van der Waals surface area contributed by atoms with Crippen molar-refractivity contribution in [3.05, 3.63) is 53.7 Å². The number of pyridine rings is 1. The molecule has 1 N–H and O–H groups in total. The summed E-state index contributed by atoms with van der Waals surface area (Å²) in [6, 6.07) is 6.29. The van der Waals surface area contributed by atoms with Crippen LogP contribution in [0.4, 0.5) is 19.0 Å². The van der Waals surface area contributed by atoms with Gasteiger partial charge in [0.2, 0.25) is 10.0 Å². The van der Waals surface area contributed by atoms with Crippen LogP contribution in [0, 0.1) is 0 Å². The summed E-state index contributed by atoms with van der Waals surface area (Å²) in [5, 5.41) is 2.86. The van der Waals surface area contributed by atoms with Crippen molar-refractivity contribution in [2.45, 2.75) is 24.0 Å². The summed E-state index contributed by atoms with van der Waals surface area (Å²) in [7, 11) is -2.26. The van der Waals surface area contributed by atoms with E-state index in [1.807, 2.05) is 0 Å². The van der Waals surface area contributed by atoms with E-state index in [0.29, 0.717) is 11.4 Å². The van der Waals surface area contributed by atoms with Gasteiger partial charge in [-0.2, -0.15) is 17.5 Å². The zero-order valence-corrected chi connectivity index (χ0v) is 17.2. The summed E-state index contributed by atoms with van der Waals surface area (Å²) in [5.41, 5.74) is -0.525. The molecular formula is C19H21F3N4O3S. The Balaban J connectivity index is 1.72. The second kappa shape index (κ2) is 8.23. The first-order valence-corrected chi connectivity index (χ1v) is 10.6. The number of rotatable bonds is 4. The van der Waals surface area contributed by atoms with Crippen molar-refractivity contribution in [2.75, 3.05) is 32.0 Å². The average Bonchev–Trinajstić information content (AvgIpc) is 2.72. The molecule has 0 unspecified atom stereocenters. The molecule has 1 amide bonds. The van der Waals surface area contributed by atoms with Gasteiger partial charge < -0.3 is 10.2 Å². The van der Waals surface area contributed by atoms with Crippen molar-refractivity contribution in [1.82, 2.24) is 14.2 Å². The van der Waals surface area contributed by atoms with Gasteiger partial charge >= 0.3 is 6.18 Å². The number of nitrogens with zero attached hydrogens (tertiary/aromatic N) is 3. The van der Waals surface area contributed by atoms with Crippen LogP contribution in [-0.4, -0.2) is 61.2 Å². The molecule has 2 heterocycles. The standard InChI is InChI=1S/C19H21F3N4O3S/c1-13-12-25(30(28,29)16-6-4-15(5-7-16)19(20,21)22)9-10-26(13)18(27)14-3-8-17(23-2)24-11-14/h3-8,11,13H,9-10,12H2,1-2H3,(H,23,24)/t13-/m0/s1. The van der Waals surface area contributed by atoms with Gasteiger partial charge in [0.05, 0.1) is 16.0 Å². The smallest absolute Gasteiger partial charge is 0.373 e. The average molecular weight is 442 g/mol. The largest absolute Gasteiger partial charge is 0.416 e. The molecule has 3 rings (SSSR count). The number of carbonyl (C=O) groups excluding carboxylic acids is 1. The zero-order chi connectivity index (χ0) is 22.1. The van der Waals surface area contributed by atoms with Gasteiger partial charge in [0.15, 0.2) is 0 Å². The molecule has 1 aliphatic rings. The monoisotopic (exact) mass is 442 g/mol. The minimum absolute atomic E-state index is 0.0388. The molecule has 30 heavy (non-hydrogen) atoms. The molecule has 0 spiro atoms. The minimum atomic E-state index is -4.54. The van der Waals surface area contributed by atoms with E-state index in [4.69, 9.17) is 0 Å². The van der Waals surface area contributed by atoms with Gasteiger partial charge in [-0.25, -0.2) is 13.4 Å². The maximum absolute atomic E-state index is 12.8. The number of piperazine rings is 1. The first-order valence-electron chi connectivity index (χ1n) is 9.16. The lowest BCUT2D eigenvalue weighted by Crippen LogP contribution is -2.55. The molecule has 0 saturated carbocycles. The molecule has 1 atom stereocenters. The normalized spacial score (nSPS) is 18.3. The highest BCUT2D eigenvalue weighted by molar-refractivity contribution is 7.89. The Morgan fingerprint density at radius 1 is 1.13 bits per heavy atom. The van der Waals surface area contributed by atoms with Crippen LogP contribution in [0.3, 0.4) is 0 Å².